The van der Waals surface area contributed by atoms with E-state index in [1.807, 2.05) is 0 Å². The van der Waals surface area contributed by atoms with Crippen LogP contribution in [-0.2, 0) is 0 Å². The van der Waals surface area contributed by atoms with E-state index in [0.717, 1.165) is 4.70 Å². The number of thiophene rings is 1. The van der Waals surface area contributed by atoms with Crippen molar-refractivity contribution in [3.63, 3.8) is 0 Å². The van der Waals surface area contributed by atoms with Crippen molar-refractivity contribution >= 4 is 33.2 Å². The Balaban J connectivity index is 2.76. The average Bonchev–Trinajstić information content (AvgIpc) is 2.47. The van der Waals surface area contributed by atoms with Crippen LogP contribution in [-0.4, -0.2) is 6.26 Å². The third-order valence-corrected chi connectivity index (χ3v) is 3.47. The van der Waals surface area contributed by atoms with Crippen LogP contribution in [0.15, 0.2) is 22.4 Å². The van der Waals surface area contributed by atoms with Crippen LogP contribution < -0.4 is 0 Å². The minimum Gasteiger partial charge on any atom is -0.206 e. The van der Waals surface area contributed by atoms with Crippen molar-refractivity contribution in [3.05, 3.63) is 29.1 Å². The normalized spacial score (nSPS) is 11.0. The molecule has 0 unspecified atom stereocenters. The van der Waals surface area contributed by atoms with E-state index < -0.39 is 0 Å². The zero-order valence-corrected chi connectivity index (χ0v) is 8.44. The van der Waals surface area contributed by atoms with E-state index in [-0.39, 0.29) is 11.6 Å². The molecule has 0 N–H and O–H groups in total. The molecule has 2 rings (SSSR count). The maximum atomic E-state index is 13.2. The summed E-state index contributed by atoms with van der Waals surface area (Å²) in [4.78, 5) is 0.564. The first-order valence-electron chi connectivity index (χ1n) is 3.62. The van der Waals surface area contributed by atoms with Crippen LogP contribution in [0.1, 0.15) is 0 Å². The van der Waals surface area contributed by atoms with Crippen LogP contribution in [0.25, 0.3) is 10.1 Å². The minimum absolute atomic E-state index is 0.341. The molecular weight excluding hydrogens is 210 g/mol. The van der Waals surface area contributed by atoms with E-state index in [4.69, 9.17) is 0 Å². The van der Waals surface area contributed by atoms with Crippen LogP contribution in [0.3, 0.4) is 0 Å². The van der Waals surface area contributed by atoms with Gasteiger partial charge in [0.25, 0.3) is 0 Å². The summed E-state index contributed by atoms with van der Waals surface area (Å²) in [6.45, 7) is 0. The third kappa shape index (κ3) is 1.44. The molecule has 0 spiro atoms. The van der Waals surface area contributed by atoms with E-state index in [1.54, 1.807) is 12.3 Å². The van der Waals surface area contributed by atoms with Gasteiger partial charge in [0, 0.05) is 20.4 Å². The van der Waals surface area contributed by atoms with Crippen LogP contribution in [0, 0.1) is 11.6 Å². The van der Waals surface area contributed by atoms with Gasteiger partial charge in [-0.1, -0.05) is 0 Å². The number of rotatable bonds is 1. The van der Waals surface area contributed by atoms with Crippen molar-refractivity contribution < 1.29 is 8.78 Å². The topological polar surface area (TPSA) is 0 Å². The Morgan fingerprint density at radius 2 is 2.00 bits per heavy atom. The molecule has 4 heteroatoms. The number of halogens is 2. The Kier molecular flexibility index (Phi) is 2.26. The second kappa shape index (κ2) is 3.27. The molecule has 0 fully saturated rings. The van der Waals surface area contributed by atoms with Crippen molar-refractivity contribution in [1.29, 1.82) is 0 Å². The van der Waals surface area contributed by atoms with E-state index in [2.05, 4.69) is 0 Å². The van der Waals surface area contributed by atoms with Gasteiger partial charge in [0.05, 0.1) is 0 Å². The summed E-state index contributed by atoms with van der Waals surface area (Å²) in [5.74, 6) is -0.691. The van der Waals surface area contributed by atoms with Crippen molar-refractivity contribution in [1.82, 2.24) is 0 Å². The fourth-order valence-corrected chi connectivity index (χ4v) is 2.54. The Labute approximate surface area is 82.6 Å². The number of thioether (sulfide) groups is 1. The number of hydrogen-bond donors (Lipinski definition) is 0. The van der Waals surface area contributed by atoms with Gasteiger partial charge in [-0.15, -0.1) is 23.1 Å². The van der Waals surface area contributed by atoms with Gasteiger partial charge in [0.1, 0.15) is 11.6 Å². The van der Waals surface area contributed by atoms with Gasteiger partial charge < -0.3 is 0 Å². The SMILES string of the molecule is CSc1cc2scc(F)c2cc1F. The highest BCUT2D eigenvalue weighted by atomic mass is 32.2. The molecular formula is C9H6F2S2. The lowest BCUT2D eigenvalue weighted by Crippen LogP contribution is -1.79. The quantitative estimate of drug-likeness (QED) is 0.651. The number of hydrogen-bond acceptors (Lipinski definition) is 2. The van der Waals surface area contributed by atoms with Crippen molar-refractivity contribution in [2.24, 2.45) is 0 Å². The van der Waals surface area contributed by atoms with Crippen molar-refractivity contribution in [2.45, 2.75) is 4.90 Å². The van der Waals surface area contributed by atoms with Gasteiger partial charge in [0.15, 0.2) is 0 Å². The van der Waals surface area contributed by atoms with Gasteiger partial charge >= 0.3 is 0 Å². The molecule has 1 aromatic heterocycles. The highest BCUT2D eigenvalue weighted by molar-refractivity contribution is 7.98. The summed E-state index contributed by atoms with van der Waals surface area (Å²) in [5, 5.41) is 1.77. The average molecular weight is 216 g/mol. The lowest BCUT2D eigenvalue weighted by molar-refractivity contribution is 0.601. The summed E-state index contributed by atoms with van der Waals surface area (Å²) >= 11 is 2.63. The summed E-state index contributed by atoms with van der Waals surface area (Å²) in [6.07, 6.45) is 1.80. The van der Waals surface area contributed by atoms with Crippen LogP contribution in [0.5, 0.6) is 0 Å². The van der Waals surface area contributed by atoms with Gasteiger partial charge in [-0.3, -0.25) is 0 Å². The fraction of sp³-hybridized carbons (Fsp3) is 0.111. The predicted octanol–water partition coefficient (Wildman–Crippen LogP) is 3.90. The molecule has 0 aliphatic rings. The number of fused-ring (bicyclic) bond motifs is 1. The van der Waals surface area contributed by atoms with Gasteiger partial charge in [0.2, 0.25) is 0 Å². The summed E-state index contributed by atoms with van der Waals surface area (Å²) in [6, 6.07) is 2.94. The van der Waals surface area contributed by atoms with Crippen LogP contribution >= 0.6 is 23.1 Å². The van der Waals surface area contributed by atoms with Crippen LogP contribution in [0.2, 0.25) is 0 Å². The van der Waals surface area contributed by atoms with E-state index in [9.17, 15) is 8.78 Å². The molecule has 0 bridgehead atoms. The largest absolute Gasteiger partial charge is 0.206 e. The molecule has 0 atom stereocenters. The second-order valence-corrected chi connectivity index (χ2v) is 4.33. The Morgan fingerprint density at radius 3 is 2.69 bits per heavy atom. The summed E-state index contributed by atoms with van der Waals surface area (Å²) in [5.41, 5.74) is 0. The lowest BCUT2D eigenvalue weighted by atomic mass is 10.2. The highest BCUT2D eigenvalue weighted by Crippen LogP contribution is 2.30. The maximum absolute atomic E-state index is 13.2. The van der Waals surface area contributed by atoms with Crippen LogP contribution in [0.4, 0.5) is 8.78 Å². The zero-order valence-electron chi connectivity index (χ0n) is 6.80. The standard InChI is InChI=1S/C9H6F2S2/c1-12-9-3-8-5(2-6(9)10)7(11)4-13-8/h2-4H,1H3. The number of benzene rings is 1. The molecule has 13 heavy (non-hydrogen) atoms. The highest BCUT2D eigenvalue weighted by Gasteiger charge is 2.08. The molecule has 1 heterocycles. The first-order valence-corrected chi connectivity index (χ1v) is 5.73. The first kappa shape index (κ1) is 8.97. The Bertz CT molecular complexity index is 448. The first-order chi connectivity index (χ1) is 6.22. The summed E-state index contributed by atoms with van der Waals surface area (Å²) in [7, 11) is 0. The van der Waals surface area contributed by atoms with E-state index in [1.165, 1.54) is 34.5 Å². The monoisotopic (exact) mass is 216 g/mol. The van der Waals surface area contributed by atoms with Gasteiger partial charge in [-0.2, -0.15) is 0 Å². The smallest absolute Gasteiger partial charge is 0.141 e. The molecule has 0 radical (unpaired) electrons. The molecule has 0 saturated heterocycles. The van der Waals surface area contributed by atoms with E-state index in [0.29, 0.717) is 10.3 Å². The van der Waals surface area contributed by atoms with Gasteiger partial charge in [-0.25, -0.2) is 8.78 Å². The molecule has 1 aromatic carbocycles. The lowest BCUT2D eigenvalue weighted by Gasteiger charge is -1.98. The fourth-order valence-electron chi connectivity index (χ4n) is 1.15. The maximum Gasteiger partial charge on any atom is 0.141 e. The molecule has 0 nitrogen and oxygen atoms in total. The molecule has 0 aliphatic carbocycles. The van der Waals surface area contributed by atoms with E-state index >= 15 is 0 Å². The molecule has 0 amide bonds. The third-order valence-electron chi connectivity index (χ3n) is 1.80. The summed E-state index contributed by atoms with van der Waals surface area (Å²) < 4.78 is 27.0. The zero-order chi connectivity index (χ0) is 9.42. The van der Waals surface area contributed by atoms with Gasteiger partial charge in [-0.05, 0) is 18.4 Å². The van der Waals surface area contributed by atoms with Crippen molar-refractivity contribution in [2.75, 3.05) is 6.26 Å². The second-order valence-electron chi connectivity index (χ2n) is 2.57. The molecule has 0 aliphatic heterocycles. The van der Waals surface area contributed by atoms with Crippen molar-refractivity contribution in [3.8, 4) is 0 Å². The Morgan fingerprint density at radius 1 is 1.23 bits per heavy atom. The Hall–Kier alpha value is -0.610. The molecule has 68 valence electrons. The molecule has 0 saturated carbocycles. The predicted molar refractivity (Wildman–Crippen MR) is 53.5 cm³/mol. The molecule has 2 aromatic rings. The minimum atomic E-state index is -0.350.